The molecule has 1 saturated carbocycles. The van der Waals surface area contributed by atoms with E-state index >= 15 is 0 Å². The zero-order chi connectivity index (χ0) is 21.2. The van der Waals surface area contributed by atoms with E-state index in [1.54, 1.807) is 0 Å². The lowest BCUT2D eigenvalue weighted by molar-refractivity contribution is 0.0546. The third-order valence-corrected chi connectivity index (χ3v) is 7.07. The number of anilines is 1. The van der Waals surface area contributed by atoms with Crippen molar-refractivity contribution in [2.45, 2.75) is 43.9 Å². The second-order valence-electron chi connectivity index (χ2n) is 9.21. The number of fused-ring (bicyclic) bond motifs is 2. The van der Waals surface area contributed by atoms with Gasteiger partial charge in [0.25, 0.3) is 5.91 Å². The van der Waals surface area contributed by atoms with Crippen LogP contribution in [0.3, 0.4) is 0 Å². The molecule has 1 aromatic carbocycles. The van der Waals surface area contributed by atoms with Gasteiger partial charge in [-0.3, -0.25) is 9.48 Å². The Morgan fingerprint density at radius 3 is 2.71 bits per heavy atom. The average molecular weight is 418 g/mol. The van der Waals surface area contributed by atoms with E-state index in [-0.39, 0.29) is 11.3 Å². The van der Waals surface area contributed by atoms with Crippen LogP contribution in [0, 0.1) is 6.92 Å². The molecule has 2 aromatic heterocycles. The number of carbonyl (C=O) groups is 1. The number of rotatable bonds is 3. The summed E-state index contributed by atoms with van der Waals surface area (Å²) in [4.78, 5) is 15.4. The van der Waals surface area contributed by atoms with Crippen molar-refractivity contribution in [3.8, 4) is 11.1 Å². The largest absolute Gasteiger partial charge is 0.381 e. The topological polar surface area (TPSA) is 73.4 Å². The molecule has 1 amide bonds. The Bertz CT molecular complexity index is 1170. The van der Waals surface area contributed by atoms with Crippen LogP contribution in [0.25, 0.3) is 11.1 Å². The van der Waals surface area contributed by atoms with Gasteiger partial charge in [0.2, 0.25) is 0 Å². The van der Waals surface area contributed by atoms with Crippen molar-refractivity contribution in [3.05, 3.63) is 53.2 Å². The molecule has 2 aliphatic heterocycles. The van der Waals surface area contributed by atoms with E-state index < -0.39 is 0 Å². The minimum atomic E-state index is -0.0849. The number of hydrogen-bond donors (Lipinski definition) is 0. The number of benzene rings is 1. The Morgan fingerprint density at radius 2 is 2.00 bits per heavy atom. The molecule has 1 aliphatic carbocycles. The molecule has 3 aliphatic rings. The third-order valence-electron chi connectivity index (χ3n) is 7.07. The summed E-state index contributed by atoms with van der Waals surface area (Å²) in [7, 11) is 1.94. The van der Waals surface area contributed by atoms with Crippen LogP contribution >= 0.6 is 0 Å². The SMILES string of the molecule is Cc1nn(C)cc1-c1ccc2c(c1)C1(CCOCC1)CN2C(=O)c1cc(C2CC2)on1. The number of ether oxygens (including phenoxy) is 1. The molecule has 1 saturated heterocycles. The monoisotopic (exact) mass is 418 g/mol. The van der Waals surface area contributed by atoms with Crippen LogP contribution in [-0.4, -0.2) is 40.6 Å². The molecule has 6 rings (SSSR count). The number of hydrogen-bond acceptors (Lipinski definition) is 5. The molecular formula is C24H26N4O3. The van der Waals surface area contributed by atoms with Crippen LogP contribution < -0.4 is 4.90 Å². The van der Waals surface area contributed by atoms with Gasteiger partial charge >= 0.3 is 0 Å². The fourth-order valence-corrected chi connectivity index (χ4v) is 5.18. The lowest BCUT2D eigenvalue weighted by Gasteiger charge is -2.34. The molecular weight excluding hydrogens is 392 g/mol. The summed E-state index contributed by atoms with van der Waals surface area (Å²) in [6.45, 7) is 4.12. The molecule has 7 nitrogen and oxygen atoms in total. The molecule has 160 valence electrons. The normalized spacial score (nSPS) is 19.7. The van der Waals surface area contributed by atoms with Crippen LogP contribution in [0.5, 0.6) is 0 Å². The second-order valence-corrected chi connectivity index (χ2v) is 9.21. The highest BCUT2D eigenvalue weighted by atomic mass is 16.5. The van der Waals surface area contributed by atoms with Crippen LogP contribution in [0.15, 0.2) is 35.0 Å². The van der Waals surface area contributed by atoms with Crippen LogP contribution in [-0.2, 0) is 17.2 Å². The summed E-state index contributed by atoms with van der Waals surface area (Å²) in [5.41, 5.74) is 5.81. The van der Waals surface area contributed by atoms with Crippen molar-refractivity contribution >= 4 is 11.6 Å². The number of carbonyl (C=O) groups excluding carboxylic acids is 1. The van der Waals surface area contributed by atoms with Gasteiger partial charge in [0.1, 0.15) is 5.76 Å². The molecule has 0 bridgehead atoms. The van der Waals surface area contributed by atoms with Crippen molar-refractivity contribution in [1.29, 1.82) is 0 Å². The van der Waals surface area contributed by atoms with Crippen molar-refractivity contribution in [2.24, 2.45) is 7.05 Å². The van der Waals surface area contributed by atoms with E-state index in [1.807, 2.05) is 29.6 Å². The van der Waals surface area contributed by atoms with E-state index in [4.69, 9.17) is 9.26 Å². The first-order valence-corrected chi connectivity index (χ1v) is 11.1. The Morgan fingerprint density at radius 1 is 1.19 bits per heavy atom. The van der Waals surface area contributed by atoms with Gasteiger partial charge < -0.3 is 14.2 Å². The summed E-state index contributed by atoms with van der Waals surface area (Å²) in [5.74, 6) is 1.20. The van der Waals surface area contributed by atoms with E-state index in [9.17, 15) is 4.79 Å². The third kappa shape index (κ3) is 3.02. The maximum Gasteiger partial charge on any atom is 0.280 e. The highest BCUT2D eigenvalue weighted by Crippen LogP contribution is 2.49. The van der Waals surface area contributed by atoms with Gasteiger partial charge in [-0.25, -0.2) is 0 Å². The van der Waals surface area contributed by atoms with Crippen molar-refractivity contribution in [3.63, 3.8) is 0 Å². The van der Waals surface area contributed by atoms with Crippen molar-refractivity contribution in [2.75, 3.05) is 24.7 Å². The predicted molar refractivity (Wildman–Crippen MR) is 115 cm³/mol. The Kier molecular flexibility index (Phi) is 4.12. The fourth-order valence-electron chi connectivity index (χ4n) is 5.18. The van der Waals surface area contributed by atoms with Crippen molar-refractivity contribution in [1.82, 2.24) is 14.9 Å². The quantitative estimate of drug-likeness (QED) is 0.644. The van der Waals surface area contributed by atoms with Gasteiger partial charge in [-0.2, -0.15) is 5.10 Å². The lowest BCUT2D eigenvalue weighted by atomic mass is 9.75. The van der Waals surface area contributed by atoms with E-state index in [0.717, 1.165) is 54.0 Å². The molecule has 31 heavy (non-hydrogen) atoms. The average Bonchev–Trinajstić information content (AvgIpc) is 3.29. The molecule has 0 N–H and O–H groups in total. The summed E-state index contributed by atoms with van der Waals surface area (Å²) in [6, 6.07) is 8.28. The second kappa shape index (κ2) is 6.79. The molecule has 0 unspecified atom stereocenters. The Labute approximate surface area is 181 Å². The van der Waals surface area contributed by atoms with Gasteiger partial charge in [0, 0.05) is 61.7 Å². The number of aromatic nitrogens is 3. The van der Waals surface area contributed by atoms with Crippen LogP contribution in [0.4, 0.5) is 5.69 Å². The van der Waals surface area contributed by atoms with Gasteiger partial charge in [-0.1, -0.05) is 11.2 Å². The first kappa shape index (κ1) is 18.8. The van der Waals surface area contributed by atoms with Crippen molar-refractivity contribution < 1.29 is 14.1 Å². The molecule has 4 heterocycles. The summed E-state index contributed by atoms with van der Waals surface area (Å²) in [6.07, 6.45) is 6.11. The number of aryl methyl sites for hydroxylation is 2. The van der Waals surface area contributed by atoms with E-state index in [1.165, 1.54) is 5.56 Å². The summed E-state index contributed by atoms with van der Waals surface area (Å²) < 4.78 is 13.0. The zero-order valence-electron chi connectivity index (χ0n) is 17.9. The molecule has 2 fully saturated rings. The van der Waals surface area contributed by atoms with Gasteiger partial charge in [0.15, 0.2) is 5.69 Å². The number of nitrogens with zero attached hydrogens (tertiary/aromatic N) is 4. The standard InChI is InChI=1S/C24H26N4O3/c1-15-18(13-27(2)25-15)17-5-6-21-19(11-17)24(7-9-30-10-8-24)14-28(21)23(29)20-12-22(31-26-20)16-3-4-16/h5-6,11-13,16H,3-4,7-10,14H2,1-2H3. The summed E-state index contributed by atoms with van der Waals surface area (Å²) >= 11 is 0. The van der Waals surface area contributed by atoms with Crippen LogP contribution in [0.1, 0.15) is 59.1 Å². The highest BCUT2D eigenvalue weighted by Gasteiger charge is 2.46. The molecule has 1 spiro atoms. The maximum absolute atomic E-state index is 13.5. The smallest absolute Gasteiger partial charge is 0.280 e. The molecule has 7 heteroatoms. The molecule has 0 atom stereocenters. The summed E-state index contributed by atoms with van der Waals surface area (Å²) in [5, 5.41) is 8.61. The molecule has 3 aromatic rings. The van der Waals surface area contributed by atoms with E-state index in [0.29, 0.717) is 31.4 Å². The van der Waals surface area contributed by atoms with Gasteiger partial charge in [-0.05, 0) is 55.9 Å². The van der Waals surface area contributed by atoms with Gasteiger partial charge in [0.05, 0.1) is 5.69 Å². The fraction of sp³-hybridized carbons (Fsp3) is 0.458. The predicted octanol–water partition coefficient (Wildman–Crippen LogP) is 3.97. The lowest BCUT2D eigenvalue weighted by Crippen LogP contribution is -2.40. The van der Waals surface area contributed by atoms with Gasteiger partial charge in [-0.15, -0.1) is 0 Å². The highest BCUT2D eigenvalue weighted by molar-refractivity contribution is 6.06. The minimum Gasteiger partial charge on any atom is -0.381 e. The maximum atomic E-state index is 13.5. The first-order valence-electron chi connectivity index (χ1n) is 11.1. The zero-order valence-corrected chi connectivity index (χ0v) is 17.9. The first-order chi connectivity index (χ1) is 15.0. The van der Waals surface area contributed by atoms with E-state index in [2.05, 4.69) is 34.7 Å². The Balaban J connectivity index is 1.41. The molecule has 0 radical (unpaired) electrons. The van der Waals surface area contributed by atoms with Crippen LogP contribution in [0.2, 0.25) is 0 Å². The number of amides is 1. The minimum absolute atomic E-state index is 0.0782. The Hall–Kier alpha value is -2.93.